The summed E-state index contributed by atoms with van der Waals surface area (Å²) >= 11 is 5.89. The Labute approximate surface area is 143 Å². The molecule has 1 atom stereocenters. The van der Waals surface area contributed by atoms with Crippen molar-refractivity contribution in [2.45, 2.75) is 44.7 Å². The van der Waals surface area contributed by atoms with Gasteiger partial charge in [0.15, 0.2) is 0 Å². The Morgan fingerprint density at radius 2 is 1.95 bits per heavy atom. The Bertz CT molecular complexity index is 486. The maximum absolute atomic E-state index is 13.3. The molecule has 0 amide bonds. The van der Waals surface area contributed by atoms with E-state index in [1.165, 1.54) is 38.3 Å². The SMILES string of the molecule is CC(c1ccc(F)c(Cl)c1)N1CCC(NCC2CC2)CC1.Cl. The van der Waals surface area contributed by atoms with Crippen molar-refractivity contribution in [3.8, 4) is 0 Å². The third-order valence-corrected chi connectivity index (χ3v) is 5.19. The largest absolute Gasteiger partial charge is 0.314 e. The molecule has 1 unspecified atom stereocenters. The first kappa shape index (κ1) is 18.0. The van der Waals surface area contributed by atoms with Crippen LogP contribution in [0, 0.1) is 11.7 Å². The second-order valence-electron chi connectivity index (χ2n) is 6.51. The van der Waals surface area contributed by atoms with Crippen LogP contribution in [0.15, 0.2) is 18.2 Å². The van der Waals surface area contributed by atoms with Gasteiger partial charge in [0, 0.05) is 25.2 Å². The fourth-order valence-corrected chi connectivity index (χ4v) is 3.32. The van der Waals surface area contributed by atoms with Crippen LogP contribution in [0.25, 0.3) is 0 Å². The molecule has 2 nitrogen and oxygen atoms in total. The van der Waals surface area contributed by atoms with Crippen LogP contribution in [0.4, 0.5) is 4.39 Å². The van der Waals surface area contributed by atoms with E-state index in [0.29, 0.717) is 12.1 Å². The monoisotopic (exact) mass is 346 g/mol. The smallest absolute Gasteiger partial charge is 0.141 e. The van der Waals surface area contributed by atoms with Crippen molar-refractivity contribution in [3.05, 3.63) is 34.6 Å². The lowest BCUT2D eigenvalue weighted by atomic mass is 10.00. The number of likely N-dealkylation sites (tertiary alicyclic amines) is 1. The normalized spacial score (nSPS) is 21.4. The van der Waals surface area contributed by atoms with Gasteiger partial charge in [-0.1, -0.05) is 17.7 Å². The maximum atomic E-state index is 13.3. The van der Waals surface area contributed by atoms with Gasteiger partial charge in [0.25, 0.3) is 0 Å². The van der Waals surface area contributed by atoms with Crippen molar-refractivity contribution in [1.29, 1.82) is 0 Å². The van der Waals surface area contributed by atoms with Crippen LogP contribution in [0.5, 0.6) is 0 Å². The van der Waals surface area contributed by atoms with Crippen LogP contribution >= 0.6 is 24.0 Å². The molecule has 124 valence electrons. The van der Waals surface area contributed by atoms with E-state index in [2.05, 4.69) is 17.1 Å². The summed E-state index contributed by atoms with van der Waals surface area (Å²) in [5.74, 6) is 0.610. The molecule has 1 saturated heterocycles. The number of hydrogen-bond donors (Lipinski definition) is 1. The highest BCUT2D eigenvalue weighted by Crippen LogP contribution is 2.29. The lowest BCUT2D eigenvalue weighted by molar-refractivity contribution is 0.152. The molecule has 0 bridgehead atoms. The lowest BCUT2D eigenvalue weighted by Gasteiger charge is -2.36. The minimum Gasteiger partial charge on any atom is -0.314 e. The molecule has 1 aliphatic heterocycles. The maximum Gasteiger partial charge on any atom is 0.141 e. The molecule has 3 rings (SSSR count). The Hall–Kier alpha value is -0.350. The quantitative estimate of drug-likeness (QED) is 0.848. The van der Waals surface area contributed by atoms with Gasteiger partial charge < -0.3 is 5.32 Å². The minimum atomic E-state index is -0.337. The summed E-state index contributed by atoms with van der Waals surface area (Å²) in [4.78, 5) is 2.47. The summed E-state index contributed by atoms with van der Waals surface area (Å²) in [6, 6.07) is 6.05. The van der Waals surface area contributed by atoms with Crippen molar-refractivity contribution in [2.24, 2.45) is 5.92 Å². The average molecular weight is 347 g/mol. The number of nitrogens with zero attached hydrogens (tertiary/aromatic N) is 1. The van der Waals surface area contributed by atoms with Gasteiger partial charge in [0.2, 0.25) is 0 Å². The van der Waals surface area contributed by atoms with Crippen molar-refractivity contribution in [3.63, 3.8) is 0 Å². The molecular formula is C17H25Cl2FN2. The molecule has 1 aromatic rings. The highest BCUT2D eigenvalue weighted by molar-refractivity contribution is 6.30. The van der Waals surface area contributed by atoms with Crippen molar-refractivity contribution in [2.75, 3.05) is 19.6 Å². The Morgan fingerprint density at radius 3 is 2.55 bits per heavy atom. The molecule has 0 aromatic heterocycles. The second kappa shape index (κ2) is 7.96. The van der Waals surface area contributed by atoms with Gasteiger partial charge in [-0.05, 0) is 62.8 Å². The summed E-state index contributed by atoms with van der Waals surface area (Å²) < 4.78 is 13.3. The molecule has 1 saturated carbocycles. The number of rotatable bonds is 5. The summed E-state index contributed by atoms with van der Waals surface area (Å²) in [7, 11) is 0. The number of nitrogens with one attached hydrogen (secondary N) is 1. The average Bonchev–Trinajstić information content (AvgIpc) is 3.32. The first-order chi connectivity index (χ1) is 10.1. The van der Waals surface area contributed by atoms with Crippen LogP contribution in [-0.4, -0.2) is 30.6 Å². The Kier molecular flexibility index (Phi) is 6.51. The van der Waals surface area contributed by atoms with Gasteiger partial charge >= 0.3 is 0 Å². The van der Waals surface area contributed by atoms with Crippen LogP contribution in [0.3, 0.4) is 0 Å². The number of hydrogen-bond acceptors (Lipinski definition) is 2. The van der Waals surface area contributed by atoms with E-state index in [0.717, 1.165) is 24.6 Å². The zero-order chi connectivity index (χ0) is 14.8. The summed E-state index contributed by atoms with van der Waals surface area (Å²) in [6.07, 6.45) is 5.22. The van der Waals surface area contributed by atoms with Crippen LogP contribution in [-0.2, 0) is 0 Å². The van der Waals surface area contributed by atoms with Gasteiger partial charge in [-0.25, -0.2) is 4.39 Å². The van der Waals surface area contributed by atoms with Gasteiger partial charge in [-0.3, -0.25) is 4.90 Å². The molecule has 2 fully saturated rings. The van der Waals surface area contributed by atoms with E-state index in [4.69, 9.17) is 11.6 Å². The molecule has 1 N–H and O–H groups in total. The predicted molar refractivity (Wildman–Crippen MR) is 92.4 cm³/mol. The van der Waals surface area contributed by atoms with E-state index < -0.39 is 0 Å². The van der Waals surface area contributed by atoms with E-state index in [-0.39, 0.29) is 23.2 Å². The van der Waals surface area contributed by atoms with Crippen molar-refractivity contribution >= 4 is 24.0 Å². The molecule has 1 heterocycles. The van der Waals surface area contributed by atoms with Gasteiger partial charge in [0.05, 0.1) is 5.02 Å². The Morgan fingerprint density at radius 1 is 1.27 bits per heavy atom. The number of piperidine rings is 1. The first-order valence-corrected chi connectivity index (χ1v) is 8.43. The number of benzene rings is 1. The molecule has 5 heteroatoms. The minimum absolute atomic E-state index is 0. The van der Waals surface area contributed by atoms with E-state index in [1.54, 1.807) is 6.07 Å². The fraction of sp³-hybridized carbons (Fsp3) is 0.647. The van der Waals surface area contributed by atoms with Gasteiger partial charge in [-0.2, -0.15) is 0 Å². The zero-order valence-corrected chi connectivity index (χ0v) is 14.6. The molecule has 1 aromatic carbocycles. The molecule has 2 aliphatic rings. The Balaban J connectivity index is 0.00000176. The third-order valence-electron chi connectivity index (χ3n) is 4.90. The molecule has 1 aliphatic carbocycles. The molecular weight excluding hydrogens is 322 g/mol. The topological polar surface area (TPSA) is 15.3 Å². The third kappa shape index (κ3) is 4.58. The standard InChI is InChI=1S/C17H24ClFN2.ClH/c1-12(14-4-5-17(19)16(18)10-14)21-8-6-15(7-9-21)20-11-13-2-3-13;/h4-5,10,12-13,15,20H,2-3,6-9,11H2,1H3;1H. The fourth-order valence-electron chi connectivity index (χ4n) is 3.13. The molecule has 0 spiro atoms. The van der Waals surface area contributed by atoms with E-state index >= 15 is 0 Å². The second-order valence-corrected chi connectivity index (χ2v) is 6.92. The van der Waals surface area contributed by atoms with Crippen LogP contribution in [0.1, 0.15) is 44.2 Å². The van der Waals surface area contributed by atoms with Crippen LogP contribution in [0.2, 0.25) is 5.02 Å². The van der Waals surface area contributed by atoms with Crippen LogP contribution < -0.4 is 5.32 Å². The first-order valence-electron chi connectivity index (χ1n) is 8.06. The highest BCUT2D eigenvalue weighted by Gasteiger charge is 2.26. The van der Waals surface area contributed by atoms with Crippen molar-refractivity contribution in [1.82, 2.24) is 10.2 Å². The van der Waals surface area contributed by atoms with Gasteiger partial charge in [0.1, 0.15) is 5.82 Å². The van der Waals surface area contributed by atoms with Gasteiger partial charge in [-0.15, -0.1) is 12.4 Å². The molecule has 0 radical (unpaired) electrons. The van der Waals surface area contributed by atoms with Crippen molar-refractivity contribution < 1.29 is 4.39 Å². The van der Waals surface area contributed by atoms with E-state index in [9.17, 15) is 4.39 Å². The number of halogens is 3. The highest BCUT2D eigenvalue weighted by atomic mass is 35.5. The zero-order valence-electron chi connectivity index (χ0n) is 13.0. The molecule has 22 heavy (non-hydrogen) atoms. The summed E-state index contributed by atoms with van der Waals surface area (Å²) in [6.45, 7) is 5.58. The summed E-state index contributed by atoms with van der Waals surface area (Å²) in [5, 5.41) is 3.92. The summed E-state index contributed by atoms with van der Waals surface area (Å²) in [5.41, 5.74) is 1.10. The predicted octanol–water partition coefficient (Wildman–Crippen LogP) is 4.43. The van der Waals surface area contributed by atoms with E-state index in [1.807, 2.05) is 6.07 Å². The lowest BCUT2D eigenvalue weighted by Crippen LogP contribution is -2.43.